The summed E-state index contributed by atoms with van der Waals surface area (Å²) in [5.41, 5.74) is 7.52. The number of anilines is 1. The lowest BCUT2D eigenvalue weighted by Gasteiger charge is -2.12. The van der Waals surface area contributed by atoms with Gasteiger partial charge < -0.3 is 15.6 Å². The first-order chi connectivity index (χ1) is 9.70. The second kappa shape index (κ2) is 7.12. The van der Waals surface area contributed by atoms with Crippen LogP contribution in [-0.2, 0) is 4.79 Å². The standard InChI is InChI=1S/C14H18N4OS/c1-20-8-5-13(15)14(19)17-11-3-2-4-12(9-11)18-7-6-16-10-18/h2-4,6-7,9-10,13H,5,8,15H2,1H3,(H,17,19)/t13-/m1/s1. The van der Waals surface area contributed by atoms with Crippen molar-refractivity contribution >= 4 is 23.4 Å². The lowest BCUT2D eigenvalue weighted by Crippen LogP contribution is -2.36. The van der Waals surface area contributed by atoms with Crippen molar-refractivity contribution in [3.8, 4) is 5.69 Å². The number of rotatable bonds is 6. The molecule has 0 fully saturated rings. The van der Waals surface area contributed by atoms with Crippen molar-refractivity contribution in [1.29, 1.82) is 0 Å². The van der Waals surface area contributed by atoms with E-state index in [-0.39, 0.29) is 5.91 Å². The number of benzene rings is 1. The van der Waals surface area contributed by atoms with Gasteiger partial charge in [0, 0.05) is 23.8 Å². The molecule has 2 rings (SSSR count). The Morgan fingerprint density at radius 1 is 1.55 bits per heavy atom. The summed E-state index contributed by atoms with van der Waals surface area (Å²) in [7, 11) is 0. The predicted molar refractivity (Wildman–Crippen MR) is 83.2 cm³/mol. The predicted octanol–water partition coefficient (Wildman–Crippen LogP) is 1.89. The molecular formula is C14H18N4OS. The van der Waals surface area contributed by atoms with Gasteiger partial charge in [0.15, 0.2) is 0 Å². The Morgan fingerprint density at radius 2 is 2.40 bits per heavy atom. The monoisotopic (exact) mass is 290 g/mol. The van der Waals surface area contributed by atoms with E-state index in [2.05, 4.69) is 10.3 Å². The molecule has 0 aliphatic rings. The van der Waals surface area contributed by atoms with Gasteiger partial charge >= 0.3 is 0 Å². The molecule has 20 heavy (non-hydrogen) atoms. The van der Waals surface area contributed by atoms with Crippen molar-refractivity contribution in [2.45, 2.75) is 12.5 Å². The summed E-state index contributed by atoms with van der Waals surface area (Å²) < 4.78 is 1.88. The number of carbonyl (C=O) groups is 1. The Morgan fingerprint density at radius 3 is 3.10 bits per heavy atom. The molecule has 1 atom stereocenters. The van der Waals surface area contributed by atoms with Crippen LogP contribution >= 0.6 is 11.8 Å². The lowest BCUT2D eigenvalue weighted by molar-refractivity contribution is -0.117. The second-order valence-electron chi connectivity index (χ2n) is 4.40. The van der Waals surface area contributed by atoms with Gasteiger partial charge in [-0.25, -0.2) is 4.98 Å². The van der Waals surface area contributed by atoms with E-state index in [0.29, 0.717) is 6.42 Å². The molecule has 0 aliphatic heterocycles. The summed E-state index contributed by atoms with van der Waals surface area (Å²) in [5, 5.41) is 2.85. The van der Waals surface area contributed by atoms with Crippen LogP contribution in [0.15, 0.2) is 43.0 Å². The van der Waals surface area contributed by atoms with Crippen LogP contribution in [0, 0.1) is 0 Å². The van der Waals surface area contributed by atoms with E-state index in [1.54, 1.807) is 24.3 Å². The van der Waals surface area contributed by atoms with Crippen LogP contribution in [0.25, 0.3) is 5.69 Å². The van der Waals surface area contributed by atoms with Gasteiger partial charge in [-0.2, -0.15) is 11.8 Å². The zero-order valence-corrected chi connectivity index (χ0v) is 12.1. The third-order valence-corrected chi connectivity index (χ3v) is 3.53. The molecular weight excluding hydrogens is 272 g/mol. The van der Waals surface area contributed by atoms with Gasteiger partial charge in [-0.1, -0.05) is 6.07 Å². The number of carbonyl (C=O) groups excluding carboxylic acids is 1. The van der Waals surface area contributed by atoms with Gasteiger partial charge in [0.05, 0.1) is 12.4 Å². The van der Waals surface area contributed by atoms with Crippen molar-refractivity contribution in [3.05, 3.63) is 43.0 Å². The van der Waals surface area contributed by atoms with E-state index < -0.39 is 6.04 Å². The summed E-state index contributed by atoms with van der Waals surface area (Å²) in [6.45, 7) is 0. The highest BCUT2D eigenvalue weighted by Crippen LogP contribution is 2.14. The first kappa shape index (κ1) is 14.6. The van der Waals surface area contributed by atoms with Crippen molar-refractivity contribution in [2.24, 2.45) is 5.73 Å². The van der Waals surface area contributed by atoms with E-state index in [0.717, 1.165) is 17.1 Å². The van der Waals surface area contributed by atoms with Crippen molar-refractivity contribution < 1.29 is 4.79 Å². The molecule has 1 aromatic heterocycles. The smallest absolute Gasteiger partial charge is 0.241 e. The maximum atomic E-state index is 12.0. The molecule has 5 nitrogen and oxygen atoms in total. The van der Waals surface area contributed by atoms with Crippen molar-refractivity contribution in [3.63, 3.8) is 0 Å². The number of amides is 1. The van der Waals surface area contributed by atoms with Crippen LogP contribution in [0.1, 0.15) is 6.42 Å². The molecule has 1 heterocycles. The molecule has 0 aliphatic carbocycles. The number of thioether (sulfide) groups is 1. The van der Waals surface area contributed by atoms with E-state index in [9.17, 15) is 4.79 Å². The lowest BCUT2D eigenvalue weighted by atomic mass is 10.2. The van der Waals surface area contributed by atoms with Gasteiger partial charge in [0.2, 0.25) is 5.91 Å². The fourth-order valence-electron chi connectivity index (χ4n) is 1.77. The maximum Gasteiger partial charge on any atom is 0.241 e. The average Bonchev–Trinajstić information content (AvgIpc) is 2.99. The van der Waals surface area contributed by atoms with E-state index >= 15 is 0 Å². The highest BCUT2D eigenvalue weighted by Gasteiger charge is 2.13. The molecule has 2 aromatic rings. The number of imidazole rings is 1. The highest BCUT2D eigenvalue weighted by molar-refractivity contribution is 7.98. The summed E-state index contributed by atoms with van der Waals surface area (Å²) in [6.07, 6.45) is 7.95. The first-order valence-corrected chi connectivity index (χ1v) is 7.74. The number of hydrogen-bond acceptors (Lipinski definition) is 4. The summed E-state index contributed by atoms with van der Waals surface area (Å²) in [5.74, 6) is 0.728. The molecule has 0 bridgehead atoms. The fourth-order valence-corrected chi connectivity index (χ4v) is 2.26. The molecule has 0 spiro atoms. The van der Waals surface area contributed by atoms with Crippen LogP contribution < -0.4 is 11.1 Å². The Bertz CT molecular complexity index is 556. The quantitative estimate of drug-likeness (QED) is 0.852. The SMILES string of the molecule is CSCC[C@@H](N)C(=O)Nc1cccc(-n2ccnc2)c1. The van der Waals surface area contributed by atoms with Crippen molar-refractivity contribution in [2.75, 3.05) is 17.3 Å². The molecule has 1 amide bonds. The Hall–Kier alpha value is -1.79. The summed E-state index contributed by atoms with van der Waals surface area (Å²) in [6, 6.07) is 7.10. The molecule has 0 saturated heterocycles. The van der Waals surface area contributed by atoms with Crippen LogP contribution in [0.4, 0.5) is 5.69 Å². The first-order valence-electron chi connectivity index (χ1n) is 6.34. The maximum absolute atomic E-state index is 12.0. The van der Waals surface area contributed by atoms with E-state index in [4.69, 9.17) is 5.73 Å². The minimum Gasteiger partial charge on any atom is -0.325 e. The zero-order valence-electron chi connectivity index (χ0n) is 11.3. The zero-order chi connectivity index (χ0) is 14.4. The number of nitrogens with zero attached hydrogens (tertiary/aromatic N) is 2. The third kappa shape index (κ3) is 3.85. The number of aromatic nitrogens is 2. The Labute approximate surface area is 122 Å². The van der Waals surface area contributed by atoms with Crippen LogP contribution in [0.3, 0.4) is 0 Å². The van der Waals surface area contributed by atoms with Crippen LogP contribution in [0.2, 0.25) is 0 Å². The minimum absolute atomic E-state index is 0.151. The third-order valence-electron chi connectivity index (χ3n) is 2.89. The number of hydrogen-bond donors (Lipinski definition) is 2. The molecule has 0 saturated carbocycles. The molecule has 0 radical (unpaired) electrons. The fraction of sp³-hybridized carbons (Fsp3) is 0.286. The van der Waals surface area contributed by atoms with Gasteiger partial charge in [0.25, 0.3) is 0 Å². The van der Waals surface area contributed by atoms with Gasteiger partial charge in [-0.15, -0.1) is 0 Å². The molecule has 3 N–H and O–H groups in total. The summed E-state index contributed by atoms with van der Waals surface area (Å²) >= 11 is 1.68. The normalized spacial score (nSPS) is 12.1. The molecule has 0 unspecified atom stereocenters. The van der Waals surface area contributed by atoms with Gasteiger partial charge in [-0.05, 0) is 36.6 Å². The Kier molecular flexibility index (Phi) is 5.20. The number of nitrogens with two attached hydrogens (primary N) is 1. The highest BCUT2D eigenvalue weighted by atomic mass is 32.2. The van der Waals surface area contributed by atoms with Crippen molar-refractivity contribution in [1.82, 2.24) is 9.55 Å². The van der Waals surface area contributed by atoms with E-state index in [1.807, 2.05) is 41.3 Å². The van der Waals surface area contributed by atoms with Crippen LogP contribution in [-0.4, -0.2) is 33.5 Å². The van der Waals surface area contributed by atoms with Gasteiger partial charge in [0.1, 0.15) is 0 Å². The van der Waals surface area contributed by atoms with Gasteiger partial charge in [-0.3, -0.25) is 4.79 Å². The number of nitrogens with one attached hydrogen (secondary N) is 1. The van der Waals surface area contributed by atoms with Crippen LogP contribution in [0.5, 0.6) is 0 Å². The summed E-state index contributed by atoms with van der Waals surface area (Å²) in [4.78, 5) is 16.0. The molecule has 106 valence electrons. The second-order valence-corrected chi connectivity index (χ2v) is 5.38. The van der Waals surface area contributed by atoms with E-state index in [1.165, 1.54) is 0 Å². The average molecular weight is 290 g/mol. The topological polar surface area (TPSA) is 72.9 Å². The minimum atomic E-state index is -0.473. The molecule has 1 aromatic carbocycles. The molecule has 6 heteroatoms. The Balaban J connectivity index is 2.03. The largest absolute Gasteiger partial charge is 0.325 e.